The molecular formula is C17H21N7O2. The first-order chi connectivity index (χ1) is 12.6. The van der Waals surface area contributed by atoms with E-state index in [4.69, 9.17) is 4.52 Å². The Labute approximate surface area is 151 Å². The third-order valence-electron chi connectivity index (χ3n) is 3.98. The van der Waals surface area contributed by atoms with Crippen molar-refractivity contribution in [3.63, 3.8) is 0 Å². The number of aryl methyl sites for hydroxylation is 1. The normalized spacial score (nSPS) is 12.0. The number of benzene rings is 1. The van der Waals surface area contributed by atoms with Gasteiger partial charge in [-0.2, -0.15) is 10.1 Å². The van der Waals surface area contributed by atoms with Gasteiger partial charge in [-0.25, -0.2) is 14.5 Å². The molecule has 0 saturated carbocycles. The summed E-state index contributed by atoms with van der Waals surface area (Å²) in [6.07, 6.45) is 3.12. The number of hydrogen-bond acceptors (Lipinski definition) is 6. The van der Waals surface area contributed by atoms with Crippen molar-refractivity contribution in [2.45, 2.75) is 33.4 Å². The lowest BCUT2D eigenvalue weighted by Crippen LogP contribution is -2.40. The van der Waals surface area contributed by atoms with Crippen molar-refractivity contribution in [2.24, 2.45) is 0 Å². The predicted molar refractivity (Wildman–Crippen MR) is 93.4 cm³/mol. The quantitative estimate of drug-likeness (QED) is 0.727. The molecule has 0 aliphatic heterocycles. The van der Waals surface area contributed by atoms with Crippen LogP contribution < -0.4 is 5.32 Å². The molecule has 1 aromatic carbocycles. The Morgan fingerprint density at radius 2 is 2.12 bits per heavy atom. The minimum atomic E-state index is -0.184. The molecule has 3 aromatic rings. The van der Waals surface area contributed by atoms with Gasteiger partial charge in [0.2, 0.25) is 5.89 Å². The molecule has 0 bridgehead atoms. The molecule has 9 heteroatoms. The summed E-state index contributed by atoms with van der Waals surface area (Å²) in [6, 6.07) is 7.46. The minimum absolute atomic E-state index is 0.147. The summed E-state index contributed by atoms with van der Waals surface area (Å²) in [5.74, 6) is 0.974. The number of aromatic nitrogens is 5. The van der Waals surface area contributed by atoms with Gasteiger partial charge in [-0.05, 0) is 38.5 Å². The highest BCUT2D eigenvalue weighted by Crippen LogP contribution is 2.16. The van der Waals surface area contributed by atoms with Crippen molar-refractivity contribution in [3.05, 3.63) is 54.2 Å². The highest BCUT2D eigenvalue weighted by atomic mass is 16.5. The summed E-state index contributed by atoms with van der Waals surface area (Å²) in [7, 11) is 0. The maximum absolute atomic E-state index is 12.5. The smallest absolute Gasteiger partial charge is 0.318 e. The molecule has 0 spiro atoms. The SMILES string of the molecule is CCN(Cc1nc(C)no1)C(=O)N[C@H](C)c1ccc(-n2cncn2)cc1. The number of rotatable bonds is 6. The lowest BCUT2D eigenvalue weighted by molar-refractivity contribution is 0.186. The molecule has 3 rings (SSSR count). The minimum Gasteiger partial charge on any atom is -0.337 e. The molecule has 0 aliphatic rings. The molecule has 0 saturated heterocycles. The van der Waals surface area contributed by atoms with Crippen LogP contribution in [0.1, 0.15) is 37.2 Å². The van der Waals surface area contributed by atoms with E-state index in [1.54, 1.807) is 22.8 Å². The lowest BCUT2D eigenvalue weighted by Gasteiger charge is -2.23. The van der Waals surface area contributed by atoms with E-state index in [1.165, 1.54) is 6.33 Å². The van der Waals surface area contributed by atoms with Crippen LogP contribution in [-0.2, 0) is 6.54 Å². The molecule has 0 fully saturated rings. The van der Waals surface area contributed by atoms with Crippen molar-refractivity contribution in [1.82, 2.24) is 35.1 Å². The molecular weight excluding hydrogens is 334 g/mol. The van der Waals surface area contributed by atoms with E-state index in [9.17, 15) is 4.79 Å². The monoisotopic (exact) mass is 355 g/mol. The molecule has 136 valence electrons. The Morgan fingerprint density at radius 3 is 2.69 bits per heavy atom. The van der Waals surface area contributed by atoms with Gasteiger partial charge in [0.05, 0.1) is 11.7 Å². The molecule has 26 heavy (non-hydrogen) atoms. The van der Waals surface area contributed by atoms with Crippen LogP contribution in [0, 0.1) is 6.92 Å². The van der Waals surface area contributed by atoms with Crippen molar-refractivity contribution in [2.75, 3.05) is 6.54 Å². The molecule has 0 aliphatic carbocycles. The molecule has 2 aromatic heterocycles. The number of hydrogen-bond donors (Lipinski definition) is 1. The number of urea groups is 1. The second-order valence-corrected chi connectivity index (χ2v) is 5.85. The predicted octanol–water partition coefficient (Wildman–Crippen LogP) is 2.25. The summed E-state index contributed by atoms with van der Waals surface area (Å²) < 4.78 is 6.77. The van der Waals surface area contributed by atoms with E-state index >= 15 is 0 Å². The van der Waals surface area contributed by atoms with Crippen molar-refractivity contribution in [3.8, 4) is 5.69 Å². The third-order valence-corrected chi connectivity index (χ3v) is 3.98. The zero-order valence-electron chi connectivity index (χ0n) is 15.0. The van der Waals surface area contributed by atoms with Gasteiger partial charge in [0.15, 0.2) is 5.82 Å². The number of nitrogens with one attached hydrogen (secondary N) is 1. The Kier molecular flexibility index (Phi) is 5.26. The second kappa shape index (κ2) is 7.77. The van der Waals surface area contributed by atoms with E-state index in [1.807, 2.05) is 38.1 Å². The summed E-state index contributed by atoms with van der Waals surface area (Å²) in [5, 5.41) is 10.8. The van der Waals surface area contributed by atoms with Gasteiger partial charge in [0, 0.05) is 6.54 Å². The first-order valence-electron chi connectivity index (χ1n) is 8.36. The Balaban J connectivity index is 1.62. The van der Waals surface area contributed by atoms with E-state index in [0.29, 0.717) is 18.3 Å². The van der Waals surface area contributed by atoms with E-state index in [2.05, 4.69) is 25.5 Å². The van der Waals surface area contributed by atoms with Gasteiger partial charge in [0.1, 0.15) is 19.2 Å². The van der Waals surface area contributed by atoms with Crippen LogP contribution in [0.4, 0.5) is 4.79 Å². The maximum atomic E-state index is 12.5. The van der Waals surface area contributed by atoms with Gasteiger partial charge in [0.25, 0.3) is 0 Å². The lowest BCUT2D eigenvalue weighted by atomic mass is 10.1. The van der Waals surface area contributed by atoms with Gasteiger partial charge < -0.3 is 14.7 Å². The standard InChI is InChI=1S/C17H21N7O2/c1-4-23(9-16-21-13(3)22-26-16)17(25)20-12(2)14-5-7-15(8-6-14)24-11-18-10-19-24/h5-8,10-12H,4,9H2,1-3H3,(H,20,25)/t12-/m1/s1. The highest BCUT2D eigenvalue weighted by Gasteiger charge is 2.18. The Morgan fingerprint density at radius 1 is 1.35 bits per heavy atom. The van der Waals surface area contributed by atoms with Crippen LogP contribution in [-0.4, -0.2) is 42.4 Å². The number of amides is 2. The zero-order chi connectivity index (χ0) is 18.5. The first kappa shape index (κ1) is 17.6. The van der Waals surface area contributed by atoms with Crippen molar-refractivity contribution in [1.29, 1.82) is 0 Å². The maximum Gasteiger partial charge on any atom is 0.318 e. The van der Waals surface area contributed by atoms with E-state index in [-0.39, 0.29) is 18.6 Å². The zero-order valence-corrected chi connectivity index (χ0v) is 15.0. The highest BCUT2D eigenvalue weighted by molar-refractivity contribution is 5.74. The van der Waals surface area contributed by atoms with Crippen LogP contribution in [0.2, 0.25) is 0 Å². The molecule has 2 heterocycles. The van der Waals surface area contributed by atoms with Crippen molar-refractivity contribution >= 4 is 6.03 Å². The van der Waals surface area contributed by atoms with Crippen LogP contribution in [0.3, 0.4) is 0 Å². The molecule has 9 nitrogen and oxygen atoms in total. The topological polar surface area (TPSA) is 102 Å². The van der Waals surface area contributed by atoms with E-state index < -0.39 is 0 Å². The molecule has 1 atom stereocenters. The fourth-order valence-corrected chi connectivity index (χ4v) is 2.51. The van der Waals surface area contributed by atoms with Crippen LogP contribution >= 0.6 is 0 Å². The van der Waals surface area contributed by atoms with E-state index in [0.717, 1.165) is 11.3 Å². The molecule has 0 radical (unpaired) electrons. The molecule has 2 amide bonds. The summed E-state index contributed by atoms with van der Waals surface area (Å²) in [5.41, 5.74) is 1.90. The molecule has 1 N–H and O–H groups in total. The second-order valence-electron chi connectivity index (χ2n) is 5.85. The van der Waals surface area contributed by atoms with Gasteiger partial charge >= 0.3 is 6.03 Å². The number of nitrogens with zero attached hydrogens (tertiary/aromatic N) is 6. The average Bonchev–Trinajstić information content (AvgIpc) is 3.31. The fraction of sp³-hybridized carbons (Fsp3) is 0.353. The van der Waals surface area contributed by atoms with Crippen LogP contribution in [0.5, 0.6) is 0 Å². The Hall–Kier alpha value is -3.23. The van der Waals surface area contributed by atoms with Crippen LogP contribution in [0.15, 0.2) is 41.4 Å². The van der Waals surface area contributed by atoms with Crippen molar-refractivity contribution < 1.29 is 9.32 Å². The molecule has 0 unspecified atom stereocenters. The third kappa shape index (κ3) is 4.05. The van der Waals surface area contributed by atoms with Gasteiger partial charge in [-0.15, -0.1) is 0 Å². The summed E-state index contributed by atoms with van der Waals surface area (Å²) in [6.45, 7) is 6.40. The Bertz CT molecular complexity index is 842. The fourth-order valence-electron chi connectivity index (χ4n) is 2.51. The summed E-state index contributed by atoms with van der Waals surface area (Å²) >= 11 is 0. The largest absolute Gasteiger partial charge is 0.337 e. The first-order valence-corrected chi connectivity index (χ1v) is 8.36. The average molecular weight is 355 g/mol. The number of carbonyl (C=O) groups is 1. The van der Waals surface area contributed by atoms with Gasteiger partial charge in [-0.3, -0.25) is 0 Å². The number of carbonyl (C=O) groups excluding carboxylic acids is 1. The van der Waals surface area contributed by atoms with Gasteiger partial charge in [-0.1, -0.05) is 17.3 Å². The van der Waals surface area contributed by atoms with Crippen LogP contribution in [0.25, 0.3) is 5.69 Å². The summed E-state index contributed by atoms with van der Waals surface area (Å²) in [4.78, 5) is 22.2.